The van der Waals surface area contributed by atoms with E-state index in [4.69, 9.17) is 14.6 Å². The van der Waals surface area contributed by atoms with Gasteiger partial charge in [-0.05, 0) is 82.9 Å². The van der Waals surface area contributed by atoms with Gasteiger partial charge in [0, 0.05) is 12.0 Å². The van der Waals surface area contributed by atoms with Gasteiger partial charge in [-0.1, -0.05) is 45.4 Å². The molecule has 1 aliphatic rings. The Bertz CT molecular complexity index is 725. The Morgan fingerprint density at radius 3 is 2.32 bits per heavy atom. The van der Waals surface area contributed by atoms with Crippen molar-refractivity contribution in [1.82, 2.24) is 0 Å². The number of benzene rings is 1. The van der Waals surface area contributed by atoms with Crippen LogP contribution in [0.5, 0.6) is 11.5 Å². The van der Waals surface area contributed by atoms with Crippen molar-refractivity contribution in [3.05, 3.63) is 22.3 Å². The molecular formula is C27H44O4. The van der Waals surface area contributed by atoms with E-state index in [0.717, 1.165) is 42.7 Å². The average Bonchev–Trinajstić information content (AvgIpc) is 2.73. The maximum absolute atomic E-state index is 10.7. The monoisotopic (exact) mass is 432 g/mol. The van der Waals surface area contributed by atoms with E-state index in [2.05, 4.69) is 34.6 Å². The zero-order valence-electron chi connectivity index (χ0n) is 20.6. The number of ether oxygens (including phenoxy) is 2. The molecule has 31 heavy (non-hydrogen) atoms. The van der Waals surface area contributed by atoms with E-state index in [9.17, 15) is 4.79 Å². The molecule has 0 fully saturated rings. The van der Waals surface area contributed by atoms with Gasteiger partial charge in [0.1, 0.15) is 17.1 Å². The lowest BCUT2D eigenvalue weighted by atomic mass is 9.84. The summed E-state index contributed by atoms with van der Waals surface area (Å²) in [6.07, 6.45) is 14.1. The summed E-state index contributed by atoms with van der Waals surface area (Å²) >= 11 is 0. The van der Waals surface area contributed by atoms with Crippen LogP contribution < -0.4 is 9.47 Å². The minimum Gasteiger partial charge on any atom is -0.493 e. The Hall–Kier alpha value is -1.71. The first-order valence-corrected chi connectivity index (χ1v) is 12.5. The molecule has 0 saturated heterocycles. The summed E-state index contributed by atoms with van der Waals surface area (Å²) in [6, 6.07) is 0. The Morgan fingerprint density at radius 1 is 0.968 bits per heavy atom. The molecule has 2 rings (SSSR count). The number of aliphatic carboxylic acids is 1. The Labute approximate surface area is 189 Å². The van der Waals surface area contributed by atoms with Crippen molar-refractivity contribution in [1.29, 1.82) is 0 Å². The van der Waals surface area contributed by atoms with Gasteiger partial charge in [-0.3, -0.25) is 4.79 Å². The van der Waals surface area contributed by atoms with Gasteiger partial charge in [-0.2, -0.15) is 0 Å². The highest BCUT2D eigenvalue weighted by Gasteiger charge is 2.34. The molecule has 4 nitrogen and oxygen atoms in total. The first-order valence-electron chi connectivity index (χ1n) is 12.5. The fraction of sp³-hybridized carbons (Fsp3) is 0.741. The molecule has 1 atom stereocenters. The van der Waals surface area contributed by atoms with E-state index in [1.54, 1.807) is 0 Å². The van der Waals surface area contributed by atoms with Crippen LogP contribution in [0.4, 0.5) is 0 Å². The normalized spacial score (nSPS) is 17.8. The van der Waals surface area contributed by atoms with E-state index < -0.39 is 5.97 Å². The smallest absolute Gasteiger partial charge is 0.303 e. The first kappa shape index (κ1) is 25.5. The van der Waals surface area contributed by atoms with E-state index >= 15 is 0 Å². The van der Waals surface area contributed by atoms with Crippen LogP contribution in [0.25, 0.3) is 0 Å². The number of carboxylic acid groups (broad SMARTS) is 1. The SMILES string of the molecule is CCCCCCCCCC1(C)CCc2c(C)c(OCCCCC(=O)O)c(C)c(C)c2O1. The number of rotatable bonds is 14. The molecule has 1 N–H and O–H groups in total. The van der Waals surface area contributed by atoms with Crippen molar-refractivity contribution in [2.75, 3.05) is 6.61 Å². The molecule has 1 aromatic rings. The second-order valence-corrected chi connectivity index (χ2v) is 9.63. The largest absolute Gasteiger partial charge is 0.493 e. The zero-order chi connectivity index (χ0) is 22.9. The van der Waals surface area contributed by atoms with Crippen LogP contribution in [0, 0.1) is 20.8 Å². The van der Waals surface area contributed by atoms with Crippen molar-refractivity contribution in [3.63, 3.8) is 0 Å². The van der Waals surface area contributed by atoms with Gasteiger partial charge in [0.2, 0.25) is 0 Å². The summed E-state index contributed by atoms with van der Waals surface area (Å²) in [5.74, 6) is 1.30. The molecule has 0 aromatic heterocycles. The molecule has 176 valence electrons. The highest BCUT2D eigenvalue weighted by molar-refractivity contribution is 5.66. The van der Waals surface area contributed by atoms with Crippen LogP contribution in [0.2, 0.25) is 0 Å². The number of unbranched alkanes of at least 4 members (excludes halogenated alkanes) is 7. The molecule has 1 aliphatic heterocycles. The minimum atomic E-state index is -0.742. The third kappa shape index (κ3) is 7.43. The number of fused-ring (bicyclic) bond motifs is 1. The van der Waals surface area contributed by atoms with Crippen LogP contribution >= 0.6 is 0 Å². The first-order chi connectivity index (χ1) is 14.8. The average molecular weight is 433 g/mol. The van der Waals surface area contributed by atoms with Crippen LogP contribution in [-0.2, 0) is 11.2 Å². The summed E-state index contributed by atoms with van der Waals surface area (Å²) in [4.78, 5) is 10.7. The highest BCUT2D eigenvalue weighted by atomic mass is 16.5. The lowest BCUT2D eigenvalue weighted by Gasteiger charge is -2.38. The maximum Gasteiger partial charge on any atom is 0.303 e. The summed E-state index contributed by atoms with van der Waals surface area (Å²) in [6.45, 7) is 11.5. The van der Waals surface area contributed by atoms with E-state index in [-0.39, 0.29) is 12.0 Å². The topological polar surface area (TPSA) is 55.8 Å². The standard InChI is InChI=1S/C27H44O4/c1-6-7-8-9-10-11-13-17-27(5)18-16-23-22(4)25(20(2)21(3)26(23)31-27)30-19-14-12-15-24(28)29/h6-19H2,1-5H3,(H,28,29). The van der Waals surface area contributed by atoms with Crippen LogP contribution in [-0.4, -0.2) is 23.3 Å². The Balaban J connectivity index is 1.95. The second-order valence-electron chi connectivity index (χ2n) is 9.63. The molecule has 1 unspecified atom stereocenters. The molecular weight excluding hydrogens is 388 g/mol. The minimum absolute atomic E-state index is 0.0702. The van der Waals surface area contributed by atoms with Gasteiger partial charge in [-0.15, -0.1) is 0 Å². The number of carboxylic acids is 1. The fourth-order valence-electron chi connectivity index (χ4n) is 4.68. The maximum atomic E-state index is 10.7. The zero-order valence-corrected chi connectivity index (χ0v) is 20.6. The fourth-order valence-corrected chi connectivity index (χ4v) is 4.68. The third-order valence-electron chi connectivity index (χ3n) is 6.90. The number of hydrogen-bond acceptors (Lipinski definition) is 3. The van der Waals surface area contributed by atoms with Gasteiger partial charge < -0.3 is 14.6 Å². The van der Waals surface area contributed by atoms with Crippen molar-refractivity contribution in [2.24, 2.45) is 0 Å². The highest BCUT2D eigenvalue weighted by Crippen LogP contribution is 2.45. The third-order valence-corrected chi connectivity index (χ3v) is 6.90. The summed E-state index contributed by atoms with van der Waals surface area (Å²) in [5.41, 5.74) is 4.75. The van der Waals surface area contributed by atoms with Gasteiger partial charge >= 0.3 is 5.97 Å². The molecule has 0 aliphatic carbocycles. The molecule has 0 radical (unpaired) electrons. The molecule has 4 heteroatoms. The molecule has 0 spiro atoms. The summed E-state index contributed by atoms with van der Waals surface area (Å²) < 4.78 is 12.8. The van der Waals surface area contributed by atoms with Crippen molar-refractivity contribution < 1.29 is 19.4 Å². The Kier molecular flexibility index (Phi) is 10.2. The molecule has 0 bridgehead atoms. The Morgan fingerprint density at radius 2 is 1.65 bits per heavy atom. The lowest BCUT2D eigenvalue weighted by Crippen LogP contribution is -2.37. The summed E-state index contributed by atoms with van der Waals surface area (Å²) in [5, 5.41) is 8.79. The van der Waals surface area contributed by atoms with Gasteiger partial charge in [0.25, 0.3) is 0 Å². The predicted octanol–water partition coefficient (Wildman–Crippen LogP) is 7.47. The summed E-state index contributed by atoms with van der Waals surface area (Å²) in [7, 11) is 0. The molecule has 0 amide bonds. The molecule has 0 saturated carbocycles. The van der Waals surface area contributed by atoms with Crippen LogP contribution in [0.1, 0.15) is 113 Å². The molecule has 1 aromatic carbocycles. The van der Waals surface area contributed by atoms with E-state index in [1.807, 2.05) is 0 Å². The van der Waals surface area contributed by atoms with Crippen LogP contribution in [0.15, 0.2) is 0 Å². The van der Waals surface area contributed by atoms with E-state index in [1.165, 1.54) is 61.6 Å². The lowest BCUT2D eigenvalue weighted by molar-refractivity contribution is -0.137. The van der Waals surface area contributed by atoms with Crippen LogP contribution in [0.3, 0.4) is 0 Å². The second kappa shape index (κ2) is 12.4. The van der Waals surface area contributed by atoms with Gasteiger partial charge in [-0.25, -0.2) is 0 Å². The number of hydrogen-bond donors (Lipinski definition) is 1. The van der Waals surface area contributed by atoms with E-state index in [0.29, 0.717) is 13.0 Å². The molecule has 1 heterocycles. The van der Waals surface area contributed by atoms with Crippen molar-refractivity contribution >= 4 is 5.97 Å². The number of carbonyl (C=O) groups is 1. The predicted molar refractivity (Wildman–Crippen MR) is 128 cm³/mol. The van der Waals surface area contributed by atoms with Gasteiger partial charge in [0.15, 0.2) is 0 Å². The van der Waals surface area contributed by atoms with Gasteiger partial charge in [0.05, 0.1) is 6.61 Å². The van der Waals surface area contributed by atoms with Crippen molar-refractivity contribution in [3.8, 4) is 11.5 Å². The van der Waals surface area contributed by atoms with Crippen molar-refractivity contribution in [2.45, 2.75) is 124 Å². The quantitative estimate of drug-likeness (QED) is 0.310.